The van der Waals surface area contributed by atoms with Crippen molar-refractivity contribution < 1.29 is 9.47 Å². The molecule has 0 aliphatic carbocycles. The molecule has 0 aromatic rings. The highest BCUT2D eigenvalue weighted by atomic mass is 16.7. The first-order valence-electron chi connectivity index (χ1n) is 7.92. The maximum absolute atomic E-state index is 5.64. The van der Waals surface area contributed by atoms with E-state index < -0.39 is 5.79 Å². The van der Waals surface area contributed by atoms with E-state index in [9.17, 15) is 0 Å². The van der Waals surface area contributed by atoms with Gasteiger partial charge in [-0.05, 0) is 38.6 Å². The summed E-state index contributed by atoms with van der Waals surface area (Å²) in [6.07, 6.45) is 11.2. The molecule has 0 heterocycles. The predicted molar refractivity (Wildman–Crippen MR) is 82.2 cm³/mol. The van der Waals surface area contributed by atoms with Crippen LogP contribution in [-0.2, 0) is 9.47 Å². The van der Waals surface area contributed by atoms with Crippen molar-refractivity contribution in [3.8, 4) is 0 Å². The van der Waals surface area contributed by atoms with Gasteiger partial charge in [0.1, 0.15) is 0 Å². The van der Waals surface area contributed by atoms with Gasteiger partial charge in [-0.2, -0.15) is 0 Å². The molecule has 0 aliphatic heterocycles. The lowest BCUT2D eigenvalue weighted by Crippen LogP contribution is -2.30. The molecular weight excluding hydrogens is 238 g/mol. The van der Waals surface area contributed by atoms with E-state index in [0.717, 1.165) is 25.3 Å². The third-order valence-corrected chi connectivity index (χ3v) is 4.15. The van der Waals surface area contributed by atoms with Crippen LogP contribution in [0.15, 0.2) is 0 Å². The second-order valence-electron chi connectivity index (χ2n) is 5.73. The minimum Gasteiger partial charge on any atom is -0.353 e. The summed E-state index contributed by atoms with van der Waals surface area (Å²) in [4.78, 5) is 0. The molecule has 116 valence electrons. The third-order valence-electron chi connectivity index (χ3n) is 4.15. The minimum absolute atomic E-state index is 0.426. The Balaban J connectivity index is 4.03. The molecule has 0 aliphatic rings. The van der Waals surface area contributed by atoms with Crippen molar-refractivity contribution >= 4 is 0 Å². The zero-order valence-electron chi connectivity index (χ0n) is 13.5. The van der Waals surface area contributed by atoms with Crippen LogP contribution in [-0.4, -0.2) is 26.6 Å². The lowest BCUT2D eigenvalue weighted by molar-refractivity contribution is -0.199. The molecule has 1 unspecified atom stereocenters. The maximum Gasteiger partial charge on any atom is 0.164 e. The molecule has 0 radical (unpaired) electrons. The number of ether oxygens (including phenoxy) is 2. The highest BCUT2D eigenvalue weighted by Crippen LogP contribution is 2.26. The minimum atomic E-state index is -0.426. The Bertz CT molecular complexity index is 193. The molecule has 19 heavy (non-hydrogen) atoms. The molecule has 0 saturated carbocycles. The van der Waals surface area contributed by atoms with Gasteiger partial charge in [-0.25, -0.2) is 0 Å². The van der Waals surface area contributed by atoms with Gasteiger partial charge in [-0.1, -0.05) is 39.0 Å². The van der Waals surface area contributed by atoms with Gasteiger partial charge in [-0.15, -0.1) is 0 Å². The predicted octanol–water partition coefficient (Wildman–Crippen LogP) is 4.10. The number of hydrogen-bond acceptors (Lipinski definition) is 3. The highest BCUT2D eigenvalue weighted by molar-refractivity contribution is 4.68. The van der Waals surface area contributed by atoms with Crippen molar-refractivity contribution in [2.24, 2.45) is 11.7 Å². The molecule has 2 N–H and O–H groups in total. The lowest BCUT2D eigenvalue weighted by Gasteiger charge is -2.28. The molecule has 3 heteroatoms. The topological polar surface area (TPSA) is 44.5 Å². The van der Waals surface area contributed by atoms with E-state index in [0.29, 0.717) is 0 Å². The van der Waals surface area contributed by atoms with Crippen LogP contribution in [0, 0.1) is 5.92 Å². The first kappa shape index (κ1) is 18.9. The first-order valence-corrected chi connectivity index (χ1v) is 7.92. The second kappa shape index (κ2) is 11.7. The van der Waals surface area contributed by atoms with E-state index in [2.05, 4.69) is 6.92 Å². The van der Waals surface area contributed by atoms with Crippen LogP contribution in [0.25, 0.3) is 0 Å². The van der Waals surface area contributed by atoms with Gasteiger partial charge in [0.15, 0.2) is 5.79 Å². The molecular formula is C16H35NO2. The van der Waals surface area contributed by atoms with Gasteiger partial charge in [0.2, 0.25) is 0 Å². The van der Waals surface area contributed by atoms with Crippen LogP contribution < -0.4 is 5.73 Å². The van der Waals surface area contributed by atoms with Gasteiger partial charge < -0.3 is 15.2 Å². The van der Waals surface area contributed by atoms with E-state index in [4.69, 9.17) is 15.2 Å². The van der Waals surface area contributed by atoms with E-state index in [1.54, 1.807) is 14.2 Å². The fraction of sp³-hybridized carbons (Fsp3) is 1.00. The average molecular weight is 273 g/mol. The van der Waals surface area contributed by atoms with E-state index in [1.165, 1.54) is 44.9 Å². The Kier molecular flexibility index (Phi) is 11.6. The van der Waals surface area contributed by atoms with Crippen LogP contribution in [0.3, 0.4) is 0 Å². The number of nitrogens with two attached hydrogens (primary N) is 1. The van der Waals surface area contributed by atoms with Crippen LogP contribution >= 0.6 is 0 Å². The van der Waals surface area contributed by atoms with Crippen LogP contribution in [0.4, 0.5) is 0 Å². The molecule has 0 spiro atoms. The molecule has 0 bridgehead atoms. The SMILES string of the molecule is CCCCCCC(CCCN)CCC(C)(OC)OC. The molecule has 0 aromatic carbocycles. The van der Waals surface area contributed by atoms with E-state index in [-0.39, 0.29) is 0 Å². The van der Waals surface area contributed by atoms with Crippen molar-refractivity contribution in [3.63, 3.8) is 0 Å². The van der Waals surface area contributed by atoms with Crippen LogP contribution in [0.1, 0.15) is 71.6 Å². The quantitative estimate of drug-likeness (QED) is 0.406. The molecule has 0 saturated heterocycles. The van der Waals surface area contributed by atoms with E-state index in [1.807, 2.05) is 6.92 Å². The largest absolute Gasteiger partial charge is 0.353 e. The summed E-state index contributed by atoms with van der Waals surface area (Å²) in [5.41, 5.74) is 5.64. The summed E-state index contributed by atoms with van der Waals surface area (Å²) in [6, 6.07) is 0. The molecule has 0 amide bonds. The van der Waals surface area contributed by atoms with Gasteiger partial charge in [0.05, 0.1) is 0 Å². The number of hydrogen-bond donors (Lipinski definition) is 1. The highest BCUT2D eigenvalue weighted by Gasteiger charge is 2.23. The summed E-state index contributed by atoms with van der Waals surface area (Å²) in [5, 5.41) is 0. The van der Waals surface area contributed by atoms with Gasteiger partial charge >= 0.3 is 0 Å². The molecule has 0 rings (SSSR count). The number of methoxy groups -OCH3 is 2. The fourth-order valence-corrected chi connectivity index (χ4v) is 2.45. The third kappa shape index (κ3) is 9.42. The Morgan fingerprint density at radius 3 is 2.11 bits per heavy atom. The lowest BCUT2D eigenvalue weighted by atomic mass is 9.90. The number of rotatable bonds is 13. The van der Waals surface area contributed by atoms with Gasteiger partial charge in [0.25, 0.3) is 0 Å². The van der Waals surface area contributed by atoms with Crippen molar-refractivity contribution in [3.05, 3.63) is 0 Å². The second-order valence-corrected chi connectivity index (χ2v) is 5.73. The summed E-state index contributed by atoms with van der Waals surface area (Å²) in [6.45, 7) is 5.08. The van der Waals surface area contributed by atoms with Gasteiger partial charge in [-0.3, -0.25) is 0 Å². The Morgan fingerprint density at radius 1 is 0.947 bits per heavy atom. The zero-order valence-corrected chi connectivity index (χ0v) is 13.5. The smallest absolute Gasteiger partial charge is 0.164 e. The van der Waals surface area contributed by atoms with Crippen molar-refractivity contribution in [1.82, 2.24) is 0 Å². The van der Waals surface area contributed by atoms with Crippen molar-refractivity contribution in [1.29, 1.82) is 0 Å². The summed E-state index contributed by atoms with van der Waals surface area (Å²) >= 11 is 0. The molecule has 3 nitrogen and oxygen atoms in total. The number of unbranched alkanes of at least 4 members (excludes halogenated alkanes) is 3. The summed E-state index contributed by atoms with van der Waals surface area (Å²) in [7, 11) is 3.44. The molecule has 0 aromatic heterocycles. The first-order chi connectivity index (χ1) is 9.11. The van der Waals surface area contributed by atoms with E-state index >= 15 is 0 Å². The Morgan fingerprint density at radius 2 is 1.58 bits per heavy atom. The summed E-state index contributed by atoms with van der Waals surface area (Å²) < 4.78 is 10.9. The van der Waals surface area contributed by atoms with Crippen molar-refractivity contribution in [2.45, 2.75) is 77.4 Å². The standard InChI is InChI=1S/C16H35NO2/c1-5-6-7-8-10-15(11-9-14-17)12-13-16(2,18-3)19-4/h15H,5-14,17H2,1-4H3. The van der Waals surface area contributed by atoms with Crippen LogP contribution in [0.5, 0.6) is 0 Å². The summed E-state index contributed by atoms with van der Waals surface area (Å²) in [5.74, 6) is 0.342. The van der Waals surface area contributed by atoms with Crippen LogP contribution in [0.2, 0.25) is 0 Å². The average Bonchev–Trinajstić information content (AvgIpc) is 2.45. The molecule has 1 atom stereocenters. The normalized spacial score (nSPS) is 13.7. The Labute approximate surface area is 120 Å². The maximum atomic E-state index is 5.64. The zero-order chi connectivity index (χ0) is 14.6. The fourth-order valence-electron chi connectivity index (χ4n) is 2.45. The van der Waals surface area contributed by atoms with Crippen molar-refractivity contribution in [2.75, 3.05) is 20.8 Å². The monoisotopic (exact) mass is 273 g/mol. The Hall–Kier alpha value is -0.120. The molecule has 0 fully saturated rings. The van der Waals surface area contributed by atoms with Gasteiger partial charge in [0, 0.05) is 20.6 Å².